The van der Waals surface area contributed by atoms with Gasteiger partial charge in [0.05, 0.1) is 0 Å². The molecule has 0 saturated heterocycles. The van der Waals surface area contributed by atoms with Crippen molar-refractivity contribution in [2.75, 3.05) is 5.73 Å². The molecule has 1 aromatic heterocycles. The molecule has 1 aliphatic rings. The number of thioether (sulfide) groups is 1. The van der Waals surface area contributed by atoms with E-state index in [1.165, 1.54) is 47.4 Å². The SMILES string of the molecule is CC1(C)CCC(C)(C)c2cc(CSc3nc(N)cc(=O)[nH]3)ccc21. The fourth-order valence-electron chi connectivity index (χ4n) is 3.40. The van der Waals surface area contributed by atoms with Gasteiger partial charge in [0.25, 0.3) is 5.56 Å². The summed E-state index contributed by atoms with van der Waals surface area (Å²) in [5.41, 5.74) is 10.0. The van der Waals surface area contributed by atoms with Crippen LogP contribution in [-0.4, -0.2) is 9.97 Å². The average Bonchev–Trinajstić information content (AvgIpc) is 2.49. The number of rotatable bonds is 3. The lowest BCUT2D eigenvalue weighted by atomic mass is 9.63. The molecule has 4 nitrogen and oxygen atoms in total. The molecule has 0 radical (unpaired) electrons. The smallest absolute Gasteiger partial charge is 0.253 e. The molecule has 0 saturated carbocycles. The number of H-pyrrole nitrogens is 1. The van der Waals surface area contributed by atoms with E-state index in [4.69, 9.17) is 5.73 Å². The predicted molar refractivity (Wildman–Crippen MR) is 101 cm³/mol. The van der Waals surface area contributed by atoms with Crippen molar-refractivity contribution in [1.29, 1.82) is 0 Å². The molecule has 1 heterocycles. The first-order valence-corrected chi connectivity index (χ1v) is 9.29. The number of benzene rings is 1. The van der Waals surface area contributed by atoms with Crippen molar-refractivity contribution in [3.8, 4) is 0 Å². The highest BCUT2D eigenvalue weighted by Crippen LogP contribution is 2.46. The van der Waals surface area contributed by atoms with Crippen molar-refractivity contribution < 1.29 is 0 Å². The lowest BCUT2D eigenvalue weighted by molar-refractivity contribution is 0.331. The minimum absolute atomic E-state index is 0.204. The molecule has 0 spiro atoms. The van der Waals surface area contributed by atoms with Crippen LogP contribution < -0.4 is 11.3 Å². The van der Waals surface area contributed by atoms with Crippen LogP contribution in [0.15, 0.2) is 34.2 Å². The average molecular weight is 343 g/mol. The molecule has 3 N–H and O–H groups in total. The van der Waals surface area contributed by atoms with Gasteiger partial charge in [0.1, 0.15) is 5.82 Å². The van der Waals surface area contributed by atoms with Gasteiger partial charge in [-0.1, -0.05) is 57.7 Å². The van der Waals surface area contributed by atoms with Gasteiger partial charge in [-0.3, -0.25) is 4.79 Å². The summed E-state index contributed by atoms with van der Waals surface area (Å²) in [7, 11) is 0. The Kier molecular flexibility index (Phi) is 4.24. The molecule has 0 unspecified atom stereocenters. The first-order valence-electron chi connectivity index (χ1n) is 8.31. The molecule has 0 atom stereocenters. The van der Waals surface area contributed by atoms with Gasteiger partial charge in [0, 0.05) is 11.8 Å². The quantitative estimate of drug-likeness (QED) is 0.653. The maximum absolute atomic E-state index is 11.5. The Morgan fingerprint density at radius 3 is 2.46 bits per heavy atom. The Morgan fingerprint density at radius 2 is 1.79 bits per heavy atom. The Bertz CT molecular complexity index is 824. The maximum atomic E-state index is 11.5. The second kappa shape index (κ2) is 5.96. The number of anilines is 1. The van der Waals surface area contributed by atoms with E-state index in [0.717, 1.165) is 5.75 Å². The fourth-order valence-corrected chi connectivity index (χ4v) is 4.22. The Labute approximate surface area is 147 Å². The number of nitrogens with zero attached hydrogens (tertiary/aromatic N) is 1. The van der Waals surface area contributed by atoms with Crippen molar-refractivity contribution in [3.63, 3.8) is 0 Å². The largest absolute Gasteiger partial charge is 0.383 e. The number of aromatic amines is 1. The lowest BCUT2D eigenvalue weighted by Gasteiger charge is -2.42. The summed E-state index contributed by atoms with van der Waals surface area (Å²) < 4.78 is 0. The molecule has 1 aromatic carbocycles. The summed E-state index contributed by atoms with van der Waals surface area (Å²) in [6.45, 7) is 9.32. The summed E-state index contributed by atoms with van der Waals surface area (Å²) in [5, 5.41) is 0.567. The van der Waals surface area contributed by atoms with E-state index in [1.807, 2.05) is 0 Å². The number of hydrogen-bond donors (Lipinski definition) is 2. The molecule has 5 heteroatoms. The molecule has 24 heavy (non-hydrogen) atoms. The molecular formula is C19H25N3OS. The number of fused-ring (bicyclic) bond motifs is 1. The van der Waals surface area contributed by atoms with Gasteiger partial charge in [-0.05, 0) is 40.4 Å². The highest BCUT2D eigenvalue weighted by molar-refractivity contribution is 7.98. The van der Waals surface area contributed by atoms with Crippen molar-refractivity contribution in [2.24, 2.45) is 0 Å². The van der Waals surface area contributed by atoms with Gasteiger partial charge in [-0.25, -0.2) is 4.98 Å². The van der Waals surface area contributed by atoms with Crippen LogP contribution in [-0.2, 0) is 16.6 Å². The highest BCUT2D eigenvalue weighted by atomic mass is 32.2. The van der Waals surface area contributed by atoms with E-state index >= 15 is 0 Å². The van der Waals surface area contributed by atoms with E-state index in [-0.39, 0.29) is 22.2 Å². The Morgan fingerprint density at radius 1 is 1.12 bits per heavy atom. The molecule has 128 valence electrons. The summed E-state index contributed by atoms with van der Waals surface area (Å²) in [5.74, 6) is 1.02. The molecule has 1 aliphatic carbocycles. The van der Waals surface area contributed by atoms with Crippen LogP contribution in [0.4, 0.5) is 5.82 Å². The van der Waals surface area contributed by atoms with Crippen LogP contribution in [0.25, 0.3) is 0 Å². The van der Waals surface area contributed by atoms with Crippen molar-refractivity contribution in [3.05, 3.63) is 51.3 Å². The minimum atomic E-state index is -0.210. The van der Waals surface area contributed by atoms with E-state index < -0.39 is 0 Å². The number of hydrogen-bond acceptors (Lipinski definition) is 4. The molecule has 0 bridgehead atoms. The summed E-state index contributed by atoms with van der Waals surface area (Å²) >= 11 is 1.51. The van der Waals surface area contributed by atoms with Gasteiger partial charge in [-0.15, -0.1) is 0 Å². The molecule has 0 amide bonds. The van der Waals surface area contributed by atoms with E-state index in [0.29, 0.717) is 5.16 Å². The highest BCUT2D eigenvalue weighted by Gasteiger charge is 2.36. The Hall–Kier alpha value is -1.75. The number of nitrogen functional groups attached to an aromatic ring is 1. The summed E-state index contributed by atoms with van der Waals surface area (Å²) in [6.07, 6.45) is 2.42. The number of nitrogens with one attached hydrogen (secondary N) is 1. The maximum Gasteiger partial charge on any atom is 0.253 e. The first-order chi connectivity index (χ1) is 11.2. The predicted octanol–water partition coefficient (Wildman–Crippen LogP) is 3.99. The van der Waals surface area contributed by atoms with Crippen molar-refractivity contribution in [2.45, 2.75) is 62.3 Å². The second-order valence-corrected chi connectivity index (χ2v) is 8.88. The molecule has 0 aliphatic heterocycles. The van der Waals surface area contributed by atoms with Gasteiger partial charge < -0.3 is 10.7 Å². The van der Waals surface area contributed by atoms with Gasteiger partial charge in [0.15, 0.2) is 5.16 Å². The zero-order valence-electron chi connectivity index (χ0n) is 14.8. The second-order valence-electron chi connectivity index (χ2n) is 7.91. The van der Waals surface area contributed by atoms with Gasteiger partial charge in [0.2, 0.25) is 0 Å². The van der Waals surface area contributed by atoms with E-state index in [2.05, 4.69) is 55.9 Å². The minimum Gasteiger partial charge on any atom is -0.383 e. The standard InChI is InChI=1S/C19H25N3OS/c1-18(2)7-8-19(3,4)14-9-12(5-6-13(14)18)11-24-17-21-15(20)10-16(23)22-17/h5-6,9-10H,7-8,11H2,1-4H3,(H3,20,21,22,23). The van der Waals surface area contributed by atoms with Crippen LogP contribution in [0.1, 0.15) is 57.2 Å². The molecule has 2 aromatic rings. The molecule has 0 fully saturated rings. The third-order valence-electron chi connectivity index (χ3n) is 5.03. The zero-order chi connectivity index (χ0) is 17.5. The molecule has 3 rings (SSSR count). The van der Waals surface area contributed by atoms with E-state index in [1.54, 1.807) is 0 Å². The van der Waals surface area contributed by atoms with Crippen LogP contribution in [0, 0.1) is 0 Å². The van der Waals surface area contributed by atoms with Crippen LogP contribution in [0.3, 0.4) is 0 Å². The third kappa shape index (κ3) is 3.36. The van der Waals surface area contributed by atoms with Crippen LogP contribution >= 0.6 is 11.8 Å². The first kappa shape index (κ1) is 17.1. The third-order valence-corrected chi connectivity index (χ3v) is 5.98. The summed E-state index contributed by atoms with van der Waals surface area (Å²) in [6, 6.07) is 8.10. The summed E-state index contributed by atoms with van der Waals surface area (Å²) in [4.78, 5) is 18.4. The lowest BCUT2D eigenvalue weighted by Crippen LogP contribution is -2.33. The van der Waals surface area contributed by atoms with Gasteiger partial charge >= 0.3 is 0 Å². The Balaban J connectivity index is 1.87. The van der Waals surface area contributed by atoms with Crippen LogP contribution in [0.5, 0.6) is 0 Å². The van der Waals surface area contributed by atoms with E-state index in [9.17, 15) is 4.79 Å². The number of aromatic nitrogens is 2. The van der Waals surface area contributed by atoms with Crippen molar-refractivity contribution in [1.82, 2.24) is 9.97 Å². The fraction of sp³-hybridized carbons (Fsp3) is 0.474. The number of nitrogens with two attached hydrogens (primary N) is 1. The molecular weight excluding hydrogens is 318 g/mol. The monoisotopic (exact) mass is 343 g/mol. The van der Waals surface area contributed by atoms with Crippen LogP contribution in [0.2, 0.25) is 0 Å². The van der Waals surface area contributed by atoms with Crippen molar-refractivity contribution >= 4 is 17.6 Å². The topological polar surface area (TPSA) is 71.8 Å². The zero-order valence-corrected chi connectivity index (χ0v) is 15.6. The normalized spacial score (nSPS) is 18.2. The van der Waals surface area contributed by atoms with Gasteiger partial charge in [-0.2, -0.15) is 0 Å².